The number of nitrogens with zero attached hydrogens (tertiary/aromatic N) is 2. The average Bonchev–Trinajstić information content (AvgIpc) is 3.33. The highest BCUT2D eigenvalue weighted by atomic mass is 127. The molecule has 0 aliphatic carbocycles. The first-order chi connectivity index (χ1) is 15.4. The van der Waals surface area contributed by atoms with Gasteiger partial charge in [-0.3, -0.25) is 24.5 Å². The normalized spacial score (nSPS) is 19.7. The number of halogens is 1. The number of anilines is 1. The van der Waals surface area contributed by atoms with E-state index in [1.807, 2.05) is 23.1 Å². The van der Waals surface area contributed by atoms with Crippen molar-refractivity contribution >= 4 is 51.9 Å². The molecule has 1 unspecified atom stereocenters. The minimum absolute atomic E-state index is 0.00629. The van der Waals surface area contributed by atoms with Crippen LogP contribution in [0, 0.1) is 3.57 Å². The second kappa shape index (κ2) is 8.19. The Labute approximate surface area is 198 Å². The summed E-state index contributed by atoms with van der Waals surface area (Å²) in [6, 6.07) is 11.0. The molecule has 164 valence electrons. The first kappa shape index (κ1) is 20.9. The number of piperidine rings is 1. The van der Waals surface area contributed by atoms with Crippen LogP contribution in [0.1, 0.15) is 39.9 Å². The number of carbonyl (C=O) groups excluding carboxylic acids is 4. The molecule has 1 atom stereocenters. The average molecular weight is 544 g/mol. The van der Waals surface area contributed by atoms with Crippen LogP contribution in [-0.2, 0) is 34.0 Å². The molecule has 0 bridgehead atoms. The molecular formula is C23H21IN4O4. The number of rotatable bonds is 4. The van der Waals surface area contributed by atoms with Crippen molar-refractivity contribution in [2.75, 3.05) is 11.9 Å². The molecule has 3 heterocycles. The summed E-state index contributed by atoms with van der Waals surface area (Å²) in [7, 11) is 0. The summed E-state index contributed by atoms with van der Waals surface area (Å²) in [5.41, 5.74) is 4.40. The van der Waals surface area contributed by atoms with Crippen molar-refractivity contribution in [1.29, 1.82) is 0 Å². The molecule has 2 aromatic rings. The van der Waals surface area contributed by atoms with Crippen LogP contribution in [0.2, 0.25) is 0 Å². The van der Waals surface area contributed by atoms with E-state index in [1.54, 1.807) is 6.07 Å². The molecule has 2 N–H and O–H groups in total. The van der Waals surface area contributed by atoms with Crippen LogP contribution in [0.5, 0.6) is 0 Å². The first-order valence-corrected chi connectivity index (χ1v) is 11.5. The maximum Gasteiger partial charge on any atom is 0.255 e. The van der Waals surface area contributed by atoms with Crippen LogP contribution in [0.3, 0.4) is 0 Å². The van der Waals surface area contributed by atoms with Crippen LogP contribution in [0.15, 0.2) is 36.4 Å². The minimum Gasteiger partial charge on any atom is -0.376 e. The van der Waals surface area contributed by atoms with Crippen molar-refractivity contribution < 1.29 is 19.2 Å². The standard InChI is InChI=1S/C23H21IN4O4/c24-16-3-1-13-10-27(11-15(13)7-16)21(30)9-25-17-4-2-14-12-28(23(32)18(14)8-17)19-5-6-20(29)26-22(19)31/h1-4,7-8,19,25H,5-6,9-12H2,(H,26,29,31). The van der Waals surface area contributed by atoms with Crippen LogP contribution < -0.4 is 10.6 Å². The third-order valence-corrected chi connectivity index (χ3v) is 6.89. The Bertz CT molecular complexity index is 1160. The Balaban J connectivity index is 1.22. The zero-order valence-electron chi connectivity index (χ0n) is 17.2. The predicted octanol–water partition coefficient (Wildman–Crippen LogP) is 2.01. The van der Waals surface area contributed by atoms with Gasteiger partial charge in [-0.05, 0) is 70.0 Å². The van der Waals surface area contributed by atoms with Gasteiger partial charge in [-0.15, -0.1) is 0 Å². The highest BCUT2D eigenvalue weighted by Crippen LogP contribution is 2.30. The summed E-state index contributed by atoms with van der Waals surface area (Å²) in [5, 5.41) is 5.44. The Morgan fingerprint density at radius 1 is 1.03 bits per heavy atom. The molecular weight excluding hydrogens is 523 g/mol. The topological polar surface area (TPSA) is 98.8 Å². The lowest BCUT2D eigenvalue weighted by Crippen LogP contribution is -2.52. The molecule has 5 rings (SSSR count). The van der Waals surface area contributed by atoms with E-state index in [-0.39, 0.29) is 30.7 Å². The smallest absolute Gasteiger partial charge is 0.255 e. The van der Waals surface area contributed by atoms with Gasteiger partial charge in [0.1, 0.15) is 6.04 Å². The fourth-order valence-electron chi connectivity index (χ4n) is 4.49. The Morgan fingerprint density at radius 2 is 1.81 bits per heavy atom. The summed E-state index contributed by atoms with van der Waals surface area (Å²) in [5.74, 6) is -0.961. The summed E-state index contributed by atoms with van der Waals surface area (Å²) in [4.78, 5) is 52.6. The Hall–Kier alpha value is -2.95. The Morgan fingerprint density at radius 3 is 2.62 bits per heavy atom. The van der Waals surface area contributed by atoms with Gasteiger partial charge in [0.05, 0.1) is 6.54 Å². The van der Waals surface area contributed by atoms with Crippen LogP contribution >= 0.6 is 22.6 Å². The molecule has 1 saturated heterocycles. The molecule has 32 heavy (non-hydrogen) atoms. The van der Waals surface area contributed by atoms with Gasteiger partial charge in [0.2, 0.25) is 17.7 Å². The maximum absolute atomic E-state index is 12.9. The first-order valence-electron chi connectivity index (χ1n) is 10.5. The van der Waals surface area contributed by atoms with Gasteiger partial charge < -0.3 is 15.1 Å². The summed E-state index contributed by atoms with van der Waals surface area (Å²) in [6.45, 7) is 1.69. The van der Waals surface area contributed by atoms with E-state index in [1.165, 1.54) is 16.0 Å². The Kier molecular flexibility index (Phi) is 5.36. The van der Waals surface area contributed by atoms with E-state index in [9.17, 15) is 19.2 Å². The monoisotopic (exact) mass is 544 g/mol. The van der Waals surface area contributed by atoms with Crippen LogP contribution in [0.4, 0.5) is 5.69 Å². The van der Waals surface area contributed by atoms with Gasteiger partial charge in [0.25, 0.3) is 5.91 Å². The molecule has 2 aromatic carbocycles. The van der Waals surface area contributed by atoms with Gasteiger partial charge in [-0.2, -0.15) is 0 Å². The maximum atomic E-state index is 12.9. The molecule has 3 aliphatic rings. The van der Waals surface area contributed by atoms with Gasteiger partial charge in [0, 0.05) is 40.9 Å². The van der Waals surface area contributed by atoms with Crippen molar-refractivity contribution in [2.45, 2.75) is 38.5 Å². The summed E-state index contributed by atoms with van der Waals surface area (Å²) in [6.07, 6.45) is 0.562. The molecule has 0 spiro atoms. The minimum atomic E-state index is -0.634. The van der Waals surface area contributed by atoms with Crippen molar-refractivity contribution in [3.63, 3.8) is 0 Å². The number of amides is 4. The molecule has 0 radical (unpaired) electrons. The fraction of sp³-hybridized carbons (Fsp3) is 0.304. The molecule has 4 amide bonds. The van der Waals surface area contributed by atoms with E-state index >= 15 is 0 Å². The molecule has 8 nitrogen and oxygen atoms in total. The van der Waals surface area contributed by atoms with Crippen molar-refractivity contribution in [1.82, 2.24) is 15.1 Å². The number of nitrogens with one attached hydrogen (secondary N) is 2. The number of imide groups is 1. The van der Waals surface area contributed by atoms with Gasteiger partial charge in [-0.1, -0.05) is 12.1 Å². The van der Waals surface area contributed by atoms with E-state index in [4.69, 9.17) is 0 Å². The second-order valence-electron chi connectivity index (χ2n) is 8.29. The van der Waals surface area contributed by atoms with Crippen LogP contribution in [-0.4, -0.2) is 46.0 Å². The largest absolute Gasteiger partial charge is 0.376 e. The number of hydrogen-bond donors (Lipinski definition) is 2. The van der Waals surface area contributed by atoms with Gasteiger partial charge in [0.15, 0.2) is 0 Å². The number of hydrogen-bond acceptors (Lipinski definition) is 5. The van der Waals surface area contributed by atoms with Crippen molar-refractivity contribution in [3.05, 3.63) is 62.2 Å². The second-order valence-corrected chi connectivity index (χ2v) is 9.53. The predicted molar refractivity (Wildman–Crippen MR) is 124 cm³/mol. The molecule has 0 aromatic heterocycles. The van der Waals surface area contributed by atoms with Crippen molar-refractivity contribution in [3.8, 4) is 0 Å². The summed E-state index contributed by atoms with van der Waals surface area (Å²) >= 11 is 2.27. The van der Waals surface area contributed by atoms with Gasteiger partial charge >= 0.3 is 0 Å². The zero-order chi connectivity index (χ0) is 22.4. The number of carbonyl (C=O) groups is 4. The third-order valence-electron chi connectivity index (χ3n) is 6.22. The highest BCUT2D eigenvalue weighted by Gasteiger charge is 2.39. The van der Waals surface area contributed by atoms with Crippen LogP contribution in [0.25, 0.3) is 0 Å². The fourth-order valence-corrected chi connectivity index (χ4v) is 5.05. The van der Waals surface area contributed by atoms with E-state index < -0.39 is 11.9 Å². The van der Waals surface area contributed by atoms with Gasteiger partial charge in [-0.25, -0.2) is 0 Å². The van der Waals surface area contributed by atoms with E-state index in [2.05, 4.69) is 45.4 Å². The lowest BCUT2D eigenvalue weighted by atomic mass is 10.0. The van der Waals surface area contributed by atoms with Crippen molar-refractivity contribution in [2.24, 2.45) is 0 Å². The molecule has 3 aliphatic heterocycles. The lowest BCUT2D eigenvalue weighted by molar-refractivity contribution is -0.137. The summed E-state index contributed by atoms with van der Waals surface area (Å²) < 4.78 is 1.16. The molecule has 1 fully saturated rings. The number of benzene rings is 2. The zero-order valence-corrected chi connectivity index (χ0v) is 19.3. The number of fused-ring (bicyclic) bond motifs is 2. The van der Waals surface area contributed by atoms with E-state index in [0.29, 0.717) is 37.3 Å². The molecule has 9 heteroatoms. The lowest BCUT2D eigenvalue weighted by Gasteiger charge is -2.29. The molecule has 0 saturated carbocycles. The highest BCUT2D eigenvalue weighted by molar-refractivity contribution is 14.1. The third kappa shape index (κ3) is 3.85. The SMILES string of the molecule is O=C1CCC(N2Cc3ccc(NCC(=O)N4Cc5ccc(I)cc5C4)cc3C2=O)C(=O)N1. The van der Waals surface area contributed by atoms with E-state index in [0.717, 1.165) is 9.13 Å². The quantitative estimate of drug-likeness (QED) is 0.454.